The van der Waals surface area contributed by atoms with E-state index in [1.807, 2.05) is 28.8 Å². The van der Waals surface area contributed by atoms with Gasteiger partial charge in [0, 0.05) is 19.0 Å². The van der Waals surface area contributed by atoms with Crippen LogP contribution in [0, 0.1) is 0 Å². The smallest absolute Gasteiger partial charge is 0.301 e. The fourth-order valence-electron chi connectivity index (χ4n) is 4.92. The molecule has 2 aliphatic rings. The Labute approximate surface area is 184 Å². The Kier molecular flexibility index (Phi) is 5.62. The molecule has 8 nitrogen and oxygen atoms in total. The molecule has 1 N–H and O–H groups in total. The van der Waals surface area contributed by atoms with Crippen LogP contribution in [0.5, 0.6) is 0 Å². The van der Waals surface area contributed by atoms with Crippen LogP contribution in [0.1, 0.15) is 56.3 Å². The number of piperidine rings is 1. The van der Waals surface area contributed by atoms with Crippen LogP contribution in [0.3, 0.4) is 0 Å². The highest BCUT2D eigenvalue weighted by Crippen LogP contribution is 2.33. The minimum atomic E-state index is -0.0294. The lowest BCUT2D eigenvalue weighted by molar-refractivity contribution is -0.117. The number of nitrogens with one attached hydrogen (secondary N) is 1. The van der Waals surface area contributed by atoms with Crippen LogP contribution in [-0.4, -0.2) is 49.8 Å². The summed E-state index contributed by atoms with van der Waals surface area (Å²) >= 11 is 1.50. The molecule has 0 radical (unpaired) electrons. The molecule has 1 aliphatic heterocycles. The van der Waals surface area contributed by atoms with Crippen molar-refractivity contribution in [2.75, 3.05) is 25.0 Å². The highest BCUT2D eigenvalue weighted by atomic mass is 32.1. The lowest BCUT2D eigenvalue weighted by Gasteiger charge is -2.31. The molecule has 9 heteroatoms. The Hall–Kier alpha value is -2.52. The summed E-state index contributed by atoms with van der Waals surface area (Å²) in [5, 5.41) is 8.20. The average molecular weight is 441 g/mol. The number of anilines is 1. The maximum absolute atomic E-state index is 12.7. The van der Waals surface area contributed by atoms with Gasteiger partial charge in [-0.2, -0.15) is 5.10 Å². The predicted octanol–water partition coefficient (Wildman–Crippen LogP) is 3.12. The Bertz CT molecular complexity index is 1100. The maximum atomic E-state index is 12.7. The van der Waals surface area contributed by atoms with E-state index in [0.29, 0.717) is 17.7 Å². The molecule has 0 atom stereocenters. The number of hydrogen-bond donors (Lipinski definition) is 1. The predicted molar refractivity (Wildman–Crippen MR) is 122 cm³/mol. The number of hydrogen-bond acceptors (Lipinski definition) is 6. The zero-order valence-electron chi connectivity index (χ0n) is 17.8. The molecular weight excluding hydrogens is 412 g/mol. The van der Waals surface area contributed by atoms with Crippen molar-refractivity contribution in [2.24, 2.45) is 7.05 Å². The number of benzene rings is 1. The second-order valence-electron chi connectivity index (χ2n) is 8.66. The Morgan fingerprint density at radius 2 is 1.90 bits per heavy atom. The molecule has 2 fully saturated rings. The van der Waals surface area contributed by atoms with Gasteiger partial charge in [0.25, 0.3) is 0 Å². The minimum absolute atomic E-state index is 0.0135. The molecule has 1 amide bonds. The number of likely N-dealkylation sites (tertiary alicyclic amines) is 1. The Balaban J connectivity index is 1.19. The van der Waals surface area contributed by atoms with E-state index in [9.17, 15) is 9.59 Å². The van der Waals surface area contributed by atoms with Crippen LogP contribution < -0.4 is 11.0 Å². The topological polar surface area (TPSA) is 85.1 Å². The molecule has 0 bridgehead atoms. The highest BCUT2D eigenvalue weighted by molar-refractivity contribution is 7.22. The number of rotatable bonds is 5. The lowest BCUT2D eigenvalue weighted by Crippen LogP contribution is -2.39. The summed E-state index contributed by atoms with van der Waals surface area (Å²) in [6, 6.07) is 8.19. The molecule has 3 aromatic rings. The molecule has 3 heterocycles. The molecule has 1 aromatic carbocycles. The monoisotopic (exact) mass is 440 g/mol. The summed E-state index contributed by atoms with van der Waals surface area (Å²) < 4.78 is 4.53. The van der Waals surface area contributed by atoms with Crippen LogP contribution in [-0.2, 0) is 11.8 Å². The van der Waals surface area contributed by atoms with E-state index in [1.54, 1.807) is 7.05 Å². The fraction of sp³-hybridized carbons (Fsp3) is 0.545. The molecule has 164 valence electrons. The van der Waals surface area contributed by atoms with Crippen molar-refractivity contribution in [1.29, 1.82) is 0 Å². The molecule has 1 saturated heterocycles. The van der Waals surface area contributed by atoms with Crippen molar-refractivity contribution in [3.8, 4) is 0 Å². The summed E-state index contributed by atoms with van der Waals surface area (Å²) in [5.41, 5.74) is 0.923. The van der Waals surface area contributed by atoms with Gasteiger partial charge in [0.2, 0.25) is 5.91 Å². The molecule has 0 spiro atoms. The zero-order chi connectivity index (χ0) is 21.4. The molecule has 0 unspecified atom stereocenters. The van der Waals surface area contributed by atoms with E-state index < -0.39 is 0 Å². The standard InChI is InChI=1S/C22H28N6O2S/c1-26-22(30)28(16-6-2-3-7-16)20(25-26)15-10-12-27(13-11-15)14-19(29)24-21-23-17-8-4-5-9-18(17)31-21/h4-5,8-9,15-16H,2-3,6-7,10-14H2,1H3,(H,23,24,29). The van der Waals surface area contributed by atoms with Crippen molar-refractivity contribution in [3.05, 3.63) is 40.6 Å². The minimum Gasteiger partial charge on any atom is -0.301 e. The Morgan fingerprint density at radius 3 is 2.65 bits per heavy atom. The van der Waals surface area contributed by atoms with Crippen LogP contribution in [0.25, 0.3) is 10.2 Å². The van der Waals surface area contributed by atoms with E-state index >= 15 is 0 Å². The van der Waals surface area contributed by atoms with Gasteiger partial charge in [0.1, 0.15) is 5.82 Å². The van der Waals surface area contributed by atoms with Crippen LogP contribution in [0.2, 0.25) is 0 Å². The second kappa shape index (κ2) is 8.55. The van der Waals surface area contributed by atoms with Crippen LogP contribution in [0.15, 0.2) is 29.1 Å². The number of nitrogens with zero attached hydrogens (tertiary/aromatic N) is 5. The lowest BCUT2D eigenvalue weighted by atomic mass is 9.95. The van der Waals surface area contributed by atoms with Crippen molar-refractivity contribution in [2.45, 2.75) is 50.5 Å². The van der Waals surface area contributed by atoms with Gasteiger partial charge in [-0.3, -0.25) is 14.3 Å². The first-order valence-corrected chi connectivity index (χ1v) is 11.9. The van der Waals surface area contributed by atoms with E-state index in [-0.39, 0.29) is 17.5 Å². The number of fused-ring (bicyclic) bond motifs is 1. The normalized spacial score (nSPS) is 18.7. The number of amides is 1. The van der Waals surface area contributed by atoms with Crippen molar-refractivity contribution < 1.29 is 4.79 Å². The fourth-order valence-corrected chi connectivity index (χ4v) is 5.80. The van der Waals surface area contributed by atoms with E-state index in [2.05, 4.69) is 20.3 Å². The third-order valence-electron chi connectivity index (χ3n) is 6.53. The first kappa shape index (κ1) is 20.4. The van der Waals surface area contributed by atoms with Gasteiger partial charge in [-0.15, -0.1) is 0 Å². The van der Waals surface area contributed by atoms with Crippen molar-refractivity contribution in [1.82, 2.24) is 24.2 Å². The van der Waals surface area contributed by atoms with Crippen LogP contribution >= 0.6 is 11.3 Å². The van der Waals surface area contributed by atoms with Gasteiger partial charge >= 0.3 is 5.69 Å². The quantitative estimate of drug-likeness (QED) is 0.659. The van der Waals surface area contributed by atoms with Gasteiger partial charge < -0.3 is 5.32 Å². The largest absolute Gasteiger partial charge is 0.345 e. The third kappa shape index (κ3) is 4.16. The summed E-state index contributed by atoms with van der Waals surface area (Å²) in [6.45, 7) is 2.01. The van der Waals surface area contributed by atoms with E-state index in [4.69, 9.17) is 0 Å². The molecule has 31 heavy (non-hydrogen) atoms. The van der Waals surface area contributed by atoms with E-state index in [1.165, 1.54) is 28.9 Å². The zero-order valence-corrected chi connectivity index (χ0v) is 18.6. The Morgan fingerprint density at radius 1 is 1.16 bits per heavy atom. The molecule has 5 rings (SSSR count). The van der Waals surface area contributed by atoms with Gasteiger partial charge in [0.15, 0.2) is 5.13 Å². The third-order valence-corrected chi connectivity index (χ3v) is 7.48. The molecule has 1 aliphatic carbocycles. The number of thiazole rings is 1. The first-order chi connectivity index (χ1) is 15.1. The van der Waals surface area contributed by atoms with Gasteiger partial charge in [-0.1, -0.05) is 36.3 Å². The average Bonchev–Trinajstić information content (AvgIpc) is 3.48. The summed E-state index contributed by atoms with van der Waals surface area (Å²) in [5.74, 6) is 1.19. The summed E-state index contributed by atoms with van der Waals surface area (Å²) in [4.78, 5) is 31.9. The number of aromatic nitrogens is 4. The highest BCUT2D eigenvalue weighted by Gasteiger charge is 2.30. The first-order valence-electron chi connectivity index (χ1n) is 11.1. The molecule has 1 saturated carbocycles. The summed E-state index contributed by atoms with van der Waals surface area (Å²) in [7, 11) is 1.75. The second-order valence-corrected chi connectivity index (χ2v) is 9.69. The maximum Gasteiger partial charge on any atom is 0.345 e. The van der Waals surface area contributed by atoms with Crippen molar-refractivity contribution in [3.63, 3.8) is 0 Å². The number of carbonyl (C=O) groups is 1. The van der Waals surface area contributed by atoms with E-state index in [0.717, 1.165) is 54.8 Å². The number of aryl methyl sites for hydroxylation is 1. The van der Waals surface area contributed by atoms with Gasteiger partial charge in [-0.05, 0) is 50.9 Å². The van der Waals surface area contributed by atoms with Crippen LogP contribution in [0.4, 0.5) is 5.13 Å². The molecular formula is C22H28N6O2S. The molecule has 2 aromatic heterocycles. The number of carbonyl (C=O) groups excluding carboxylic acids is 1. The SMILES string of the molecule is Cn1nc(C2CCN(CC(=O)Nc3nc4ccccc4s3)CC2)n(C2CCCC2)c1=O. The summed E-state index contributed by atoms with van der Waals surface area (Å²) in [6.07, 6.45) is 6.35. The van der Waals surface area contributed by atoms with Gasteiger partial charge in [0.05, 0.1) is 16.8 Å². The van der Waals surface area contributed by atoms with Gasteiger partial charge in [-0.25, -0.2) is 14.5 Å². The van der Waals surface area contributed by atoms with Crippen molar-refractivity contribution >= 4 is 32.6 Å². The number of para-hydroxylation sites is 1.